The van der Waals surface area contributed by atoms with Crippen LogP contribution in [0, 0.1) is 6.92 Å². The van der Waals surface area contributed by atoms with Gasteiger partial charge in [-0.05, 0) is 70.5 Å². The van der Waals surface area contributed by atoms with Gasteiger partial charge in [0.2, 0.25) is 0 Å². The van der Waals surface area contributed by atoms with E-state index in [0.29, 0.717) is 6.04 Å². The monoisotopic (exact) mass is 369 g/mol. The predicted octanol–water partition coefficient (Wildman–Crippen LogP) is 4.34. The molecule has 0 bridgehead atoms. The molecule has 0 aliphatic carbocycles. The Labute approximate surface area is 164 Å². The van der Waals surface area contributed by atoms with E-state index in [1.54, 1.807) is 0 Å². The van der Waals surface area contributed by atoms with Crippen LogP contribution >= 0.6 is 0 Å². The molecule has 0 spiro atoms. The van der Waals surface area contributed by atoms with Crippen molar-refractivity contribution in [2.24, 2.45) is 0 Å². The van der Waals surface area contributed by atoms with E-state index in [4.69, 9.17) is 0 Å². The minimum absolute atomic E-state index is 0.590. The normalized spacial score (nSPS) is 18.7. The van der Waals surface area contributed by atoms with Gasteiger partial charge in [-0.25, -0.2) is 4.98 Å². The van der Waals surface area contributed by atoms with Gasteiger partial charge in [0.25, 0.3) is 0 Å². The summed E-state index contributed by atoms with van der Waals surface area (Å²) in [5.41, 5.74) is 2.12. The van der Waals surface area contributed by atoms with Crippen molar-refractivity contribution in [1.82, 2.24) is 14.5 Å². The van der Waals surface area contributed by atoms with Crippen LogP contribution in [0.3, 0.4) is 0 Å². The zero-order valence-corrected chi connectivity index (χ0v) is 17.2. The van der Waals surface area contributed by atoms with Crippen molar-refractivity contribution in [2.45, 2.75) is 84.0 Å². The maximum Gasteiger partial charge on any atom is 0.105 e. The van der Waals surface area contributed by atoms with Crippen LogP contribution in [0.5, 0.6) is 0 Å². The highest BCUT2D eigenvalue weighted by Gasteiger charge is 2.22. The lowest BCUT2D eigenvalue weighted by molar-refractivity contribution is 0.0714. The van der Waals surface area contributed by atoms with E-state index in [-0.39, 0.29) is 0 Å². The average molecular weight is 370 g/mol. The van der Waals surface area contributed by atoms with Crippen molar-refractivity contribution in [1.29, 1.82) is 0 Å². The molecular formula is C23H35N3O. The van der Waals surface area contributed by atoms with Crippen LogP contribution in [-0.2, 0) is 19.5 Å². The summed E-state index contributed by atoms with van der Waals surface area (Å²) in [6.07, 6.45) is 10.9. The summed E-state index contributed by atoms with van der Waals surface area (Å²) in [4.78, 5) is 7.01. The molecule has 1 atom stereocenters. The molecule has 1 aromatic heterocycles. The van der Waals surface area contributed by atoms with E-state index in [1.807, 2.05) is 20.0 Å². The second-order valence-electron chi connectivity index (χ2n) is 8.71. The largest absolute Gasteiger partial charge is 0.390 e. The summed E-state index contributed by atoms with van der Waals surface area (Å²) in [5, 5.41) is 9.90. The first-order valence-corrected chi connectivity index (χ1v) is 10.4. The van der Waals surface area contributed by atoms with Crippen molar-refractivity contribution >= 4 is 0 Å². The van der Waals surface area contributed by atoms with Gasteiger partial charge in [0, 0.05) is 31.5 Å². The maximum absolute atomic E-state index is 9.90. The molecule has 4 heteroatoms. The molecule has 1 aromatic carbocycles. The molecule has 0 amide bonds. The van der Waals surface area contributed by atoms with Crippen LogP contribution in [-0.4, -0.2) is 37.7 Å². The highest BCUT2D eigenvalue weighted by atomic mass is 16.3. The number of aromatic nitrogens is 2. The fourth-order valence-corrected chi connectivity index (χ4v) is 4.02. The van der Waals surface area contributed by atoms with Gasteiger partial charge in [-0.3, -0.25) is 4.90 Å². The third-order valence-corrected chi connectivity index (χ3v) is 5.81. The van der Waals surface area contributed by atoms with Crippen molar-refractivity contribution in [2.75, 3.05) is 6.54 Å². The van der Waals surface area contributed by atoms with Crippen LogP contribution in [0.2, 0.25) is 0 Å². The molecule has 27 heavy (non-hydrogen) atoms. The topological polar surface area (TPSA) is 41.3 Å². The Hall–Kier alpha value is -1.65. The Balaban J connectivity index is 1.55. The number of rotatable bonds is 8. The highest BCUT2D eigenvalue weighted by Crippen LogP contribution is 2.23. The minimum atomic E-state index is -0.590. The molecule has 1 saturated heterocycles. The Morgan fingerprint density at radius 2 is 1.89 bits per heavy atom. The van der Waals surface area contributed by atoms with Crippen LogP contribution in [0.1, 0.15) is 62.9 Å². The SMILES string of the molecule is Cc1nccn1CC[C@H]1CCCCN1Cc1ccc(CCC(C)(C)O)cc1. The summed E-state index contributed by atoms with van der Waals surface area (Å²) >= 11 is 0. The van der Waals surface area contributed by atoms with Crippen molar-refractivity contribution in [3.8, 4) is 0 Å². The number of aryl methyl sites for hydroxylation is 3. The molecule has 0 radical (unpaired) electrons. The lowest BCUT2D eigenvalue weighted by Gasteiger charge is -2.36. The van der Waals surface area contributed by atoms with Crippen LogP contribution in [0.25, 0.3) is 0 Å². The fraction of sp³-hybridized carbons (Fsp3) is 0.609. The highest BCUT2D eigenvalue weighted by molar-refractivity contribution is 5.23. The Bertz CT molecular complexity index is 699. The fourth-order valence-electron chi connectivity index (χ4n) is 4.02. The van der Waals surface area contributed by atoms with E-state index in [2.05, 4.69) is 51.8 Å². The number of nitrogens with zero attached hydrogens (tertiary/aromatic N) is 3. The number of benzene rings is 1. The minimum Gasteiger partial charge on any atom is -0.390 e. The van der Waals surface area contributed by atoms with Gasteiger partial charge in [-0.2, -0.15) is 0 Å². The van der Waals surface area contributed by atoms with Crippen LogP contribution < -0.4 is 0 Å². The molecular weight excluding hydrogens is 334 g/mol. The molecule has 2 heterocycles. The van der Waals surface area contributed by atoms with Gasteiger partial charge in [0.05, 0.1) is 5.60 Å². The van der Waals surface area contributed by atoms with Crippen molar-refractivity contribution < 1.29 is 5.11 Å². The number of imidazole rings is 1. The van der Waals surface area contributed by atoms with E-state index in [0.717, 1.165) is 31.8 Å². The van der Waals surface area contributed by atoms with Gasteiger partial charge < -0.3 is 9.67 Å². The molecule has 1 aliphatic heterocycles. The lowest BCUT2D eigenvalue weighted by Crippen LogP contribution is -2.39. The maximum atomic E-state index is 9.90. The van der Waals surface area contributed by atoms with E-state index in [9.17, 15) is 5.11 Å². The zero-order valence-electron chi connectivity index (χ0n) is 17.2. The van der Waals surface area contributed by atoms with Gasteiger partial charge in [0.15, 0.2) is 0 Å². The van der Waals surface area contributed by atoms with E-state index >= 15 is 0 Å². The predicted molar refractivity (Wildman–Crippen MR) is 111 cm³/mol. The summed E-state index contributed by atoms with van der Waals surface area (Å²) in [5.74, 6) is 1.11. The first-order valence-electron chi connectivity index (χ1n) is 10.4. The van der Waals surface area contributed by atoms with Gasteiger partial charge in [-0.1, -0.05) is 30.7 Å². The number of hydrogen-bond acceptors (Lipinski definition) is 3. The molecule has 3 rings (SSSR count). The first kappa shape index (κ1) is 20.1. The van der Waals surface area contributed by atoms with Gasteiger partial charge >= 0.3 is 0 Å². The molecule has 1 aliphatic rings. The molecule has 4 nitrogen and oxygen atoms in total. The van der Waals surface area contributed by atoms with Crippen LogP contribution in [0.4, 0.5) is 0 Å². The Morgan fingerprint density at radius 1 is 1.15 bits per heavy atom. The smallest absolute Gasteiger partial charge is 0.105 e. The summed E-state index contributed by atoms with van der Waals surface area (Å²) in [6, 6.07) is 9.66. The lowest BCUT2D eigenvalue weighted by atomic mass is 9.97. The number of hydrogen-bond donors (Lipinski definition) is 1. The number of aliphatic hydroxyl groups is 1. The average Bonchev–Trinajstić information content (AvgIpc) is 3.05. The second-order valence-corrected chi connectivity index (χ2v) is 8.71. The molecule has 1 fully saturated rings. The molecule has 2 aromatic rings. The summed E-state index contributed by atoms with van der Waals surface area (Å²) in [7, 11) is 0. The third kappa shape index (κ3) is 6.18. The first-order chi connectivity index (χ1) is 12.9. The number of piperidine rings is 1. The van der Waals surface area contributed by atoms with E-state index in [1.165, 1.54) is 43.4 Å². The second kappa shape index (κ2) is 9.03. The quantitative estimate of drug-likeness (QED) is 0.752. The molecule has 1 N–H and O–H groups in total. The zero-order chi connectivity index (χ0) is 19.3. The standard InChI is InChI=1S/C23H35N3O/c1-19-24-14-17-25(19)16-12-22-6-4-5-15-26(22)18-21-9-7-20(8-10-21)11-13-23(2,3)27/h7-10,14,17,22,27H,4-6,11-13,15-16,18H2,1-3H3/t22-/m1/s1. The van der Waals surface area contributed by atoms with Gasteiger partial charge in [-0.15, -0.1) is 0 Å². The Morgan fingerprint density at radius 3 is 2.56 bits per heavy atom. The summed E-state index contributed by atoms with van der Waals surface area (Å²) in [6.45, 7) is 9.14. The van der Waals surface area contributed by atoms with Crippen molar-refractivity contribution in [3.05, 3.63) is 53.6 Å². The molecule has 0 unspecified atom stereocenters. The Kier molecular flexibility index (Phi) is 6.72. The van der Waals surface area contributed by atoms with Gasteiger partial charge in [0.1, 0.15) is 5.82 Å². The molecule has 148 valence electrons. The number of likely N-dealkylation sites (tertiary alicyclic amines) is 1. The third-order valence-electron chi connectivity index (χ3n) is 5.81. The van der Waals surface area contributed by atoms with Crippen LogP contribution in [0.15, 0.2) is 36.7 Å². The van der Waals surface area contributed by atoms with E-state index < -0.39 is 5.60 Å². The summed E-state index contributed by atoms with van der Waals surface area (Å²) < 4.78 is 2.27. The van der Waals surface area contributed by atoms with Crippen molar-refractivity contribution in [3.63, 3.8) is 0 Å². The molecule has 0 saturated carbocycles.